The molecule has 0 radical (unpaired) electrons. The minimum Gasteiger partial charge on any atom is -0.490 e. The predicted molar refractivity (Wildman–Crippen MR) is 63.7 cm³/mol. The number of ether oxygens (including phenoxy) is 2. The summed E-state index contributed by atoms with van der Waals surface area (Å²) in [6, 6.07) is 7.56. The smallest absolute Gasteiger partial charge is 0.125 e. The summed E-state index contributed by atoms with van der Waals surface area (Å²) in [7, 11) is 1.68. The van der Waals surface area contributed by atoms with Gasteiger partial charge in [0.05, 0.1) is 12.2 Å². The van der Waals surface area contributed by atoms with Crippen molar-refractivity contribution in [2.45, 2.75) is 32.5 Å². The minimum atomic E-state index is -0.508. The largest absolute Gasteiger partial charge is 0.490 e. The van der Waals surface area contributed by atoms with Gasteiger partial charge in [0.25, 0.3) is 0 Å². The molecule has 0 saturated heterocycles. The lowest BCUT2D eigenvalue weighted by molar-refractivity contribution is 0.130. The highest BCUT2D eigenvalue weighted by Crippen LogP contribution is 2.25. The van der Waals surface area contributed by atoms with Crippen LogP contribution in [0.1, 0.15) is 31.9 Å². The molecule has 0 aliphatic heterocycles. The Morgan fingerprint density at radius 2 is 1.94 bits per heavy atom. The molecule has 1 N–H and O–H groups in total. The molecule has 3 nitrogen and oxygen atoms in total. The van der Waals surface area contributed by atoms with Crippen LogP contribution >= 0.6 is 0 Å². The van der Waals surface area contributed by atoms with Crippen LogP contribution in [0.3, 0.4) is 0 Å². The highest BCUT2D eigenvalue weighted by atomic mass is 16.5. The molecule has 0 amide bonds. The number of para-hydroxylation sites is 1. The average Bonchev–Trinajstić information content (AvgIpc) is 2.27. The number of hydrogen-bond acceptors (Lipinski definition) is 3. The quantitative estimate of drug-likeness (QED) is 0.807. The van der Waals surface area contributed by atoms with E-state index < -0.39 is 6.10 Å². The Balaban J connectivity index is 2.65. The lowest BCUT2D eigenvalue weighted by Crippen LogP contribution is -2.15. The third-order valence-corrected chi connectivity index (χ3v) is 2.43. The second-order valence-electron chi connectivity index (χ2n) is 3.92. The van der Waals surface area contributed by atoms with Crippen molar-refractivity contribution < 1.29 is 14.6 Å². The topological polar surface area (TPSA) is 38.7 Å². The lowest BCUT2D eigenvalue weighted by atomic mass is 10.1. The van der Waals surface area contributed by atoms with Gasteiger partial charge in [-0.2, -0.15) is 0 Å². The summed E-state index contributed by atoms with van der Waals surface area (Å²) >= 11 is 0. The van der Waals surface area contributed by atoms with E-state index in [1.54, 1.807) is 14.0 Å². The molecule has 1 rings (SSSR count). The first-order chi connectivity index (χ1) is 7.65. The zero-order valence-electron chi connectivity index (χ0n) is 10.1. The maximum Gasteiger partial charge on any atom is 0.125 e. The SMILES string of the molecule is COCCC(C)Oc1ccccc1[C@H](C)O. The van der Waals surface area contributed by atoms with Gasteiger partial charge in [-0.3, -0.25) is 0 Å². The summed E-state index contributed by atoms with van der Waals surface area (Å²) < 4.78 is 10.8. The van der Waals surface area contributed by atoms with Gasteiger partial charge in [-0.1, -0.05) is 18.2 Å². The molecular weight excluding hydrogens is 204 g/mol. The normalized spacial score (nSPS) is 14.5. The second kappa shape index (κ2) is 6.51. The van der Waals surface area contributed by atoms with Gasteiger partial charge in [0.2, 0.25) is 0 Å². The van der Waals surface area contributed by atoms with E-state index in [-0.39, 0.29) is 6.10 Å². The zero-order valence-corrected chi connectivity index (χ0v) is 10.1. The molecule has 2 atom stereocenters. The van der Waals surface area contributed by atoms with Crippen molar-refractivity contribution in [3.8, 4) is 5.75 Å². The molecule has 0 aromatic heterocycles. The molecule has 0 fully saturated rings. The van der Waals surface area contributed by atoms with Crippen LogP contribution < -0.4 is 4.74 Å². The second-order valence-corrected chi connectivity index (χ2v) is 3.92. The van der Waals surface area contributed by atoms with Gasteiger partial charge in [0.1, 0.15) is 5.75 Å². The Morgan fingerprint density at radius 1 is 1.25 bits per heavy atom. The Labute approximate surface area is 97.0 Å². The fourth-order valence-electron chi connectivity index (χ4n) is 1.49. The van der Waals surface area contributed by atoms with Crippen LogP contribution in [0.4, 0.5) is 0 Å². The maximum atomic E-state index is 9.59. The third kappa shape index (κ3) is 3.83. The summed E-state index contributed by atoms with van der Waals surface area (Å²) in [6.45, 7) is 4.41. The number of methoxy groups -OCH3 is 1. The summed E-state index contributed by atoms with van der Waals surface area (Å²) in [5, 5.41) is 9.59. The van der Waals surface area contributed by atoms with E-state index in [9.17, 15) is 5.11 Å². The fourth-order valence-corrected chi connectivity index (χ4v) is 1.49. The summed E-state index contributed by atoms with van der Waals surface area (Å²) in [4.78, 5) is 0. The first kappa shape index (κ1) is 13.0. The van der Waals surface area contributed by atoms with Gasteiger partial charge in [-0.05, 0) is 19.9 Å². The standard InChI is InChI=1S/C13H20O3/c1-10(8-9-15-3)16-13-7-5-4-6-12(13)11(2)14/h4-7,10-11,14H,8-9H2,1-3H3/t10?,11-/m0/s1. The molecule has 0 aliphatic carbocycles. The van der Waals surface area contributed by atoms with Crippen molar-refractivity contribution in [3.63, 3.8) is 0 Å². The number of aliphatic hydroxyl groups excluding tert-OH is 1. The molecular formula is C13H20O3. The monoisotopic (exact) mass is 224 g/mol. The molecule has 0 bridgehead atoms. The Hall–Kier alpha value is -1.06. The molecule has 1 unspecified atom stereocenters. The van der Waals surface area contributed by atoms with E-state index >= 15 is 0 Å². The first-order valence-electron chi connectivity index (χ1n) is 5.57. The maximum absolute atomic E-state index is 9.59. The van der Waals surface area contributed by atoms with Gasteiger partial charge in [0.15, 0.2) is 0 Å². The van der Waals surface area contributed by atoms with Gasteiger partial charge >= 0.3 is 0 Å². The molecule has 3 heteroatoms. The summed E-state index contributed by atoms with van der Waals surface area (Å²) in [5.41, 5.74) is 0.826. The summed E-state index contributed by atoms with van der Waals surface area (Å²) in [5.74, 6) is 0.751. The van der Waals surface area contributed by atoms with Crippen LogP contribution in [0.5, 0.6) is 5.75 Å². The Kier molecular flexibility index (Phi) is 5.29. The molecule has 0 saturated carbocycles. The predicted octanol–water partition coefficient (Wildman–Crippen LogP) is 2.54. The van der Waals surface area contributed by atoms with Crippen LogP contribution in [0.15, 0.2) is 24.3 Å². The molecule has 16 heavy (non-hydrogen) atoms. The van der Waals surface area contributed by atoms with Gasteiger partial charge in [-0.15, -0.1) is 0 Å². The van der Waals surface area contributed by atoms with Gasteiger partial charge in [0, 0.05) is 25.7 Å². The van der Waals surface area contributed by atoms with E-state index in [1.165, 1.54) is 0 Å². The highest BCUT2D eigenvalue weighted by Gasteiger charge is 2.11. The van der Waals surface area contributed by atoms with Gasteiger partial charge in [-0.25, -0.2) is 0 Å². The van der Waals surface area contributed by atoms with Crippen LogP contribution in [0, 0.1) is 0 Å². The molecule has 1 aromatic rings. The highest BCUT2D eigenvalue weighted by molar-refractivity contribution is 5.34. The van der Waals surface area contributed by atoms with Crippen molar-refractivity contribution in [2.75, 3.05) is 13.7 Å². The van der Waals surface area contributed by atoms with Crippen molar-refractivity contribution in [1.82, 2.24) is 0 Å². The van der Waals surface area contributed by atoms with Crippen molar-refractivity contribution in [3.05, 3.63) is 29.8 Å². The number of hydrogen-bond donors (Lipinski definition) is 1. The Morgan fingerprint density at radius 3 is 2.56 bits per heavy atom. The summed E-state index contributed by atoms with van der Waals surface area (Å²) in [6.07, 6.45) is 0.413. The fraction of sp³-hybridized carbons (Fsp3) is 0.538. The van der Waals surface area contributed by atoms with Gasteiger partial charge < -0.3 is 14.6 Å². The molecule has 0 spiro atoms. The molecule has 90 valence electrons. The van der Waals surface area contributed by atoms with Crippen LogP contribution in [0.25, 0.3) is 0 Å². The zero-order chi connectivity index (χ0) is 12.0. The third-order valence-electron chi connectivity index (χ3n) is 2.43. The van der Waals surface area contributed by atoms with Crippen molar-refractivity contribution in [1.29, 1.82) is 0 Å². The molecule has 0 aliphatic rings. The number of aliphatic hydroxyl groups is 1. The molecule has 1 aromatic carbocycles. The van der Waals surface area contributed by atoms with Crippen LogP contribution in [0.2, 0.25) is 0 Å². The van der Waals surface area contributed by atoms with E-state index in [0.717, 1.165) is 17.7 Å². The van der Waals surface area contributed by atoms with E-state index in [1.807, 2.05) is 31.2 Å². The average molecular weight is 224 g/mol. The number of rotatable bonds is 6. The minimum absolute atomic E-state index is 0.0832. The van der Waals surface area contributed by atoms with Crippen molar-refractivity contribution in [2.24, 2.45) is 0 Å². The number of benzene rings is 1. The van der Waals surface area contributed by atoms with Crippen LogP contribution in [-0.4, -0.2) is 24.9 Å². The Bertz CT molecular complexity index is 310. The van der Waals surface area contributed by atoms with E-state index in [0.29, 0.717) is 6.61 Å². The van der Waals surface area contributed by atoms with E-state index in [4.69, 9.17) is 9.47 Å². The lowest BCUT2D eigenvalue weighted by Gasteiger charge is -2.18. The first-order valence-corrected chi connectivity index (χ1v) is 5.57. The molecule has 0 heterocycles. The van der Waals surface area contributed by atoms with Crippen molar-refractivity contribution >= 4 is 0 Å². The van der Waals surface area contributed by atoms with Crippen LogP contribution in [-0.2, 0) is 4.74 Å². The van der Waals surface area contributed by atoms with E-state index in [2.05, 4.69) is 0 Å².